The fourth-order valence-electron chi connectivity index (χ4n) is 2.29. The van der Waals surface area contributed by atoms with E-state index >= 15 is 0 Å². The van der Waals surface area contributed by atoms with Crippen LogP contribution in [0.1, 0.15) is 38.5 Å². The van der Waals surface area contributed by atoms with E-state index in [1.165, 1.54) is 38.5 Å². The molecule has 0 heteroatoms. The van der Waals surface area contributed by atoms with Gasteiger partial charge in [-0.2, -0.15) is 0 Å². The molecule has 0 amide bonds. The van der Waals surface area contributed by atoms with Gasteiger partial charge in [-0.25, -0.2) is 0 Å². The van der Waals surface area contributed by atoms with E-state index in [1.54, 1.807) is 0 Å². The Labute approximate surface area is 75.4 Å². The quantitative estimate of drug-likeness (QED) is 0.476. The minimum absolute atomic E-state index is 0.945. The van der Waals surface area contributed by atoms with Gasteiger partial charge in [-0.3, -0.25) is 0 Å². The molecule has 0 atom stereocenters. The van der Waals surface area contributed by atoms with Crippen LogP contribution in [0.5, 0.6) is 0 Å². The van der Waals surface area contributed by atoms with Crippen LogP contribution in [0.4, 0.5) is 0 Å². The summed E-state index contributed by atoms with van der Waals surface area (Å²) < 4.78 is 0. The molecule has 2 bridgehead atoms. The highest BCUT2D eigenvalue weighted by Gasteiger charge is 2.14. The zero-order valence-electron chi connectivity index (χ0n) is 7.71. The van der Waals surface area contributed by atoms with Crippen molar-refractivity contribution in [3.8, 4) is 0 Å². The van der Waals surface area contributed by atoms with Crippen molar-refractivity contribution in [1.29, 1.82) is 0 Å². The summed E-state index contributed by atoms with van der Waals surface area (Å²) in [5.41, 5.74) is 0. The van der Waals surface area contributed by atoms with Crippen molar-refractivity contribution in [2.75, 3.05) is 0 Å². The molecule has 2 rings (SSSR count). The summed E-state index contributed by atoms with van der Waals surface area (Å²) in [6, 6.07) is 0. The fourth-order valence-corrected chi connectivity index (χ4v) is 2.29. The number of fused-ring (bicyclic) bond motifs is 3. The highest BCUT2D eigenvalue weighted by atomic mass is 14.2. The molecule has 0 unspecified atom stereocenters. The Kier molecular flexibility index (Phi) is 2.65. The molecular formula is C12H18. The molecule has 0 aromatic carbocycles. The van der Waals surface area contributed by atoms with E-state index in [1.807, 2.05) is 0 Å². The highest BCUT2D eigenvalue weighted by Crippen LogP contribution is 2.29. The Morgan fingerprint density at radius 2 is 0.917 bits per heavy atom. The zero-order chi connectivity index (χ0) is 8.23. The molecule has 12 heavy (non-hydrogen) atoms. The lowest BCUT2D eigenvalue weighted by molar-refractivity contribution is 0.379. The molecule has 0 saturated carbocycles. The van der Waals surface area contributed by atoms with Crippen LogP contribution < -0.4 is 0 Å². The van der Waals surface area contributed by atoms with Crippen LogP contribution in [-0.2, 0) is 0 Å². The maximum atomic E-state index is 2.40. The number of hydrogen-bond acceptors (Lipinski definition) is 0. The van der Waals surface area contributed by atoms with Gasteiger partial charge in [0.1, 0.15) is 0 Å². The topological polar surface area (TPSA) is 0 Å². The normalized spacial score (nSPS) is 35.3. The number of rotatable bonds is 0. The van der Waals surface area contributed by atoms with Gasteiger partial charge in [-0.05, 0) is 50.4 Å². The van der Waals surface area contributed by atoms with Gasteiger partial charge in [-0.15, -0.1) is 0 Å². The summed E-state index contributed by atoms with van der Waals surface area (Å²) in [5, 5.41) is 0. The molecule has 0 fully saturated rings. The second-order valence-electron chi connectivity index (χ2n) is 4.20. The molecule has 0 aromatic heterocycles. The zero-order valence-corrected chi connectivity index (χ0v) is 7.71. The van der Waals surface area contributed by atoms with Gasteiger partial charge in [0.15, 0.2) is 0 Å². The molecule has 0 spiro atoms. The first-order valence-corrected chi connectivity index (χ1v) is 5.25. The smallest absolute Gasteiger partial charge is 0.0319 e. The molecule has 2 aliphatic carbocycles. The third-order valence-electron chi connectivity index (χ3n) is 3.19. The lowest BCUT2D eigenvalue weighted by Gasteiger charge is -2.22. The van der Waals surface area contributed by atoms with Crippen molar-refractivity contribution in [2.24, 2.45) is 11.8 Å². The lowest BCUT2D eigenvalue weighted by Crippen LogP contribution is -2.08. The molecule has 0 aliphatic heterocycles. The van der Waals surface area contributed by atoms with Crippen molar-refractivity contribution in [3.05, 3.63) is 24.3 Å². The molecule has 2 aliphatic rings. The van der Waals surface area contributed by atoms with Gasteiger partial charge in [-0.1, -0.05) is 24.3 Å². The molecular weight excluding hydrogens is 144 g/mol. The Bertz CT molecular complexity index is 150. The number of allylic oxidation sites excluding steroid dienone is 4. The summed E-state index contributed by atoms with van der Waals surface area (Å²) in [6.07, 6.45) is 17.8. The summed E-state index contributed by atoms with van der Waals surface area (Å²) in [7, 11) is 0. The second kappa shape index (κ2) is 3.93. The Hall–Kier alpha value is -0.520. The van der Waals surface area contributed by atoms with Gasteiger partial charge >= 0.3 is 0 Å². The monoisotopic (exact) mass is 162 g/mol. The minimum Gasteiger partial charge on any atom is -0.0882 e. The van der Waals surface area contributed by atoms with Crippen LogP contribution in [0.3, 0.4) is 0 Å². The Balaban J connectivity index is 2.09. The van der Waals surface area contributed by atoms with Gasteiger partial charge in [0.05, 0.1) is 0 Å². The SMILES string of the molecule is C1=CCC2CC=CCC(C1)CC2. The summed E-state index contributed by atoms with van der Waals surface area (Å²) in [5.74, 6) is 1.89. The largest absolute Gasteiger partial charge is 0.0882 e. The third-order valence-corrected chi connectivity index (χ3v) is 3.19. The van der Waals surface area contributed by atoms with Crippen LogP contribution in [-0.4, -0.2) is 0 Å². The fraction of sp³-hybridized carbons (Fsp3) is 0.667. The average molecular weight is 162 g/mol. The van der Waals surface area contributed by atoms with E-state index in [9.17, 15) is 0 Å². The second-order valence-corrected chi connectivity index (χ2v) is 4.20. The standard InChI is InChI=1S/C12H18/c1-2-6-12-8-4-3-7-11(5-1)9-10-12/h1-4,11-12H,5-10H2. The Morgan fingerprint density at radius 3 is 1.25 bits per heavy atom. The molecule has 66 valence electrons. The summed E-state index contributed by atoms with van der Waals surface area (Å²) >= 11 is 0. The molecule has 0 aromatic rings. The predicted octanol–water partition coefficient (Wildman–Crippen LogP) is 3.70. The first kappa shape index (κ1) is 8.10. The van der Waals surface area contributed by atoms with Crippen molar-refractivity contribution < 1.29 is 0 Å². The van der Waals surface area contributed by atoms with Gasteiger partial charge in [0.25, 0.3) is 0 Å². The van der Waals surface area contributed by atoms with Crippen molar-refractivity contribution in [1.82, 2.24) is 0 Å². The minimum atomic E-state index is 0.945. The third kappa shape index (κ3) is 2.00. The molecule has 0 N–H and O–H groups in total. The van der Waals surface area contributed by atoms with Crippen LogP contribution in [0, 0.1) is 11.8 Å². The maximum Gasteiger partial charge on any atom is -0.0319 e. The highest BCUT2D eigenvalue weighted by molar-refractivity contribution is 4.96. The predicted molar refractivity (Wildman–Crippen MR) is 53.0 cm³/mol. The lowest BCUT2D eigenvalue weighted by atomic mass is 9.83. The van der Waals surface area contributed by atoms with E-state index < -0.39 is 0 Å². The molecule has 0 heterocycles. The van der Waals surface area contributed by atoms with Crippen LogP contribution in [0.2, 0.25) is 0 Å². The van der Waals surface area contributed by atoms with Gasteiger partial charge in [0, 0.05) is 0 Å². The van der Waals surface area contributed by atoms with E-state index in [0.717, 1.165) is 11.8 Å². The van der Waals surface area contributed by atoms with Crippen LogP contribution in [0.25, 0.3) is 0 Å². The van der Waals surface area contributed by atoms with Gasteiger partial charge in [0.2, 0.25) is 0 Å². The van der Waals surface area contributed by atoms with Crippen LogP contribution in [0.15, 0.2) is 24.3 Å². The van der Waals surface area contributed by atoms with E-state index in [2.05, 4.69) is 24.3 Å². The first-order valence-electron chi connectivity index (χ1n) is 5.25. The number of hydrogen-bond donors (Lipinski definition) is 0. The first-order chi connectivity index (χ1) is 5.95. The summed E-state index contributed by atoms with van der Waals surface area (Å²) in [4.78, 5) is 0. The van der Waals surface area contributed by atoms with Crippen LogP contribution >= 0.6 is 0 Å². The maximum absolute atomic E-state index is 2.40. The summed E-state index contributed by atoms with van der Waals surface area (Å²) in [6.45, 7) is 0. The molecule has 0 radical (unpaired) electrons. The molecule has 0 saturated heterocycles. The van der Waals surface area contributed by atoms with Crippen molar-refractivity contribution in [3.63, 3.8) is 0 Å². The average Bonchev–Trinajstić information content (AvgIpc) is 2.03. The van der Waals surface area contributed by atoms with E-state index in [0.29, 0.717) is 0 Å². The van der Waals surface area contributed by atoms with E-state index in [4.69, 9.17) is 0 Å². The van der Waals surface area contributed by atoms with E-state index in [-0.39, 0.29) is 0 Å². The van der Waals surface area contributed by atoms with Crippen molar-refractivity contribution >= 4 is 0 Å². The Morgan fingerprint density at radius 1 is 0.583 bits per heavy atom. The molecule has 0 nitrogen and oxygen atoms in total. The van der Waals surface area contributed by atoms with Gasteiger partial charge < -0.3 is 0 Å². The van der Waals surface area contributed by atoms with Crippen molar-refractivity contribution in [2.45, 2.75) is 38.5 Å².